The lowest BCUT2D eigenvalue weighted by Gasteiger charge is -2.35. The summed E-state index contributed by atoms with van der Waals surface area (Å²) in [5, 5.41) is 2.83. The first-order valence-corrected chi connectivity index (χ1v) is 8.45. The van der Waals surface area contributed by atoms with Gasteiger partial charge in [-0.3, -0.25) is 4.79 Å². The molecule has 1 aromatic carbocycles. The number of halogens is 2. The average Bonchev–Trinajstić information content (AvgIpc) is 2.55. The van der Waals surface area contributed by atoms with Crippen LogP contribution in [0.2, 0.25) is 0 Å². The fourth-order valence-electron chi connectivity index (χ4n) is 3.41. The number of nitrogens with two attached hydrogens (primary N) is 1. The summed E-state index contributed by atoms with van der Waals surface area (Å²) in [5.41, 5.74) is 7.27. The predicted octanol–water partition coefficient (Wildman–Crippen LogP) is 3.51. The number of aryl methyl sites for hydroxylation is 1. The highest BCUT2D eigenvalue weighted by Crippen LogP contribution is 2.38. The number of carbonyl (C=O) groups excluding carboxylic acids is 1. The lowest BCUT2D eigenvalue weighted by molar-refractivity contribution is -0.124. The van der Waals surface area contributed by atoms with E-state index in [4.69, 9.17) is 5.73 Å². The lowest BCUT2D eigenvalue weighted by atomic mass is 9.71. The molecule has 0 radical (unpaired) electrons. The Hall–Kier alpha value is -1.69. The highest BCUT2D eigenvalue weighted by Gasteiger charge is 2.32. The highest BCUT2D eigenvalue weighted by atomic mass is 19.3. The van der Waals surface area contributed by atoms with Crippen molar-refractivity contribution in [2.24, 2.45) is 11.1 Å². The number of nitrogens with one attached hydrogen (secondary N) is 1. The quantitative estimate of drug-likeness (QED) is 0.798. The Morgan fingerprint density at radius 1 is 1.33 bits per heavy atom. The number of rotatable bonds is 7. The second-order valence-corrected chi connectivity index (χ2v) is 6.71. The Morgan fingerprint density at radius 2 is 2.04 bits per heavy atom. The first kappa shape index (κ1) is 18.6. The normalized spacial score (nSPS) is 16.9. The highest BCUT2D eigenvalue weighted by molar-refractivity contribution is 5.76. The van der Waals surface area contributed by atoms with E-state index >= 15 is 0 Å². The minimum Gasteiger partial charge on any atom is -0.434 e. The summed E-state index contributed by atoms with van der Waals surface area (Å²) in [4.78, 5) is 12.3. The van der Waals surface area contributed by atoms with Gasteiger partial charge >= 0.3 is 6.61 Å². The van der Waals surface area contributed by atoms with Crippen LogP contribution >= 0.6 is 0 Å². The Kier molecular flexibility index (Phi) is 6.54. The van der Waals surface area contributed by atoms with Crippen LogP contribution in [0, 0.1) is 12.3 Å². The van der Waals surface area contributed by atoms with Crippen molar-refractivity contribution in [2.75, 3.05) is 6.54 Å². The summed E-state index contributed by atoms with van der Waals surface area (Å²) >= 11 is 0. The molecule has 1 aromatic rings. The lowest BCUT2D eigenvalue weighted by Crippen LogP contribution is -2.38. The van der Waals surface area contributed by atoms with Gasteiger partial charge < -0.3 is 15.8 Å². The maximum atomic E-state index is 12.5. The van der Waals surface area contributed by atoms with Crippen LogP contribution in [0.15, 0.2) is 18.2 Å². The van der Waals surface area contributed by atoms with Crippen LogP contribution in [0.25, 0.3) is 0 Å². The molecule has 0 atom stereocenters. The molecule has 2 rings (SSSR count). The van der Waals surface area contributed by atoms with Crippen LogP contribution in [-0.2, 0) is 11.3 Å². The van der Waals surface area contributed by atoms with Gasteiger partial charge in [0.25, 0.3) is 0 Å². The van der Waals surface area contributed by atoms with Crippen molar-refractivity contribution >= 4 is 5.91 Å². The zero-order valence-electron chi connectivity index (χ0n) is 14.1. The molecule has 0 saturated heterocycles. The maximum Gasteiger partial charge on any atom is 0.387 e. The number of benzene rings is 1. The zero-order chi connectivity index (χ0) is 17.6. The molecule has 1 amide bonds. The monoisotopic (exact) mass is 340 g/mol. The summed E-state index contributed by atoms with van der Waals surface area (Å²) in [6.45, 7) is -0.346. The van der Waals surface area contributed by atoms with Crippen LogP contribution in [0.5, 0.6) is 5.75 Å². The SMILES string of the molecule is Cc1ccc(OC(F)F)c(CNC(=O)CC2(CN)CCCCC2)c1. The second kappa shape index (κ2) is 8.42. The van der Waals surface area contributed by atoms with Crippen molar-refractivity contribution in [2.45, 2.75) is 58.6 Å². The van der Waals surface area contributed by atoms with Crippen LogP contribution < -0.4 is 15.8 Å². The molecule has 1 aliphatic carbocycles. The Morgan fingerprint density at radius 3 is 2.67 bits per heavy atom. The molecule has 1 aliphatic rings. The van der Waals surface area contributed by atoms with Crippen molar-refractivity contribution in [1.29, 1.82) is 0 Å². The Bertz CT molecular complexity index is 558. The van der Waals surface area contributed by atoms with E-state index in [0.29, 0.717) is 18.5 Å². The van der Waals surface area contributed by atoms with Crippen molar-refractivity contribution in [1.82, 2.24) is 5.32 Å². The van der Waals surface area contributed by atoms with Crippen molar-refractivity contribution < 1.29 is 18.3 Å². The summed E-state index contributed by atoms with van der Waals surface area (Å²) < 4.78 is 29.5. The Balaban J connectivity index is 1.97. The topological polar surface area (TPSA) is 64.3 Å². The number of hydrogen-bond acceptors (Lipinski definition) is 3. The number of alkyl halides is 2. The van der Waals surface area contributed by atoms with Crippen LogP contribution in [0.4, 0.5) is 8.78 Å². The number of ether oxygens (including phenoxy) is 1. The fraction of sp³-hybridized carbons (Fsp3) is 0.611. The molecule has 0 spiro atoms. The molecular weight excluding hydrogens is 314 g/mol. The maximum absolute atomic E-state index is 12.5. The molecular formula is C18H26F2N2O2. The third-order valence-corrected chi connectivity index (χ3v) is 4.79. The predicted molar refractivity (Wildman–Crippen MR) is 88.8 cm³/mol. The van der Waals surface area contributed by atoms with Crippen molar-refractivity contribution in [3.8, 4) is 5.75 Å². The minimum absolute atomic E-state index is 0.0909. The molecule has 3 N–H and O–H groups in total. The van der Waals surface area contributed by atoms with Gasteiger partial charge in [-0.15, -0.1) is 0 Å². The van der Waals surface area contributed by atoms with Crippen LogP contribution in [-0.4, -0.2) is 19.1 Å². The fourth-order valence-corrected chi connectivity index (χ4v) is 3.41. The molecule has 0 heterocycles. The van der Waals surface area contributed by atoms with E-state index in [1.54, 1.807) is 12.1 Å². The molecule has 134 valence electrons. The first-order valence-electron chi connectivity index (χ1n) is 8.45. The summed E-state index contributed by atoms with van der Waals surface area (Å²) in [6.07, 6.45) is 5.74. The second-order valence-electron chi connectivity index (χ2n) is 6.71. The van der Waals surface area contributed by atoms with E-state index in [2.05, 4.69) is 10.1 Å². The van der Waals surface area contributed by atoms with Gasteiger partial charge in [-0.05, 0) is 37.8 Å². The Labute approximate surface area is 141 Å². The van der Waals surface area contributed by atoms with Gasteiger partial charge in [0.1, 0.15) is 5.75 Å². The third-order valence-electron chi connectivity index (χ3n) is 4.79. The van der Waals surface area contributed by atoms with Gasteiger partial charge in [0.15, 0.2) is 0 Å². The van der Waals surface area contributed by atoms with E-state index in [9.17, 15) is 13.6 Å². The van der Waals surface area contributed by atoms with Gasteiger partial charge in [-0.25, -0.2) is 0 Å². The van der Waals surface area contributed by atoms with Gasteiger partial charge in [-0.1, -0.05) is 37.0 Å². The zero-order valence-corrected chi connectivity index (χ0v) is 14.1. The van der Waals surface area contributed by atoms with Gasteiger partial charge in [0.2, 0.25) is 5.91 Å². The number of carbonyl (C=O) groups is 1. The smallest absolute Gasteiger partial charge is 0.387 e. The van der Waals surface area contributed by atoms with Crippen LogP contribution in [0.1, 0.15) is 49.7 Å². The molecule has 1 saturated carbocycles. The standard InChI is InChI=1S/C18H26F2N2O2/c1-13-5-6-15(24-17(19)20)14(9-13)11-22-16(23)10-18(12-21)7-3-2-4-8-18/h5-6,9,17H,2-4,7-8,10-12,21H2,1H3,(H,22,23). The first-order chi connectivity index (χ1) is 11.4. The molecule has 0 aliphatic heterocycles. The van der Waals surface area contributed by atoms with E-state index in [1.807, 2.05) is 6.92 Å². The molecule has 24 heavy (non-hydrogen) atoms. The molecule has 6 heteroatoms. The van der Waals surface area contributed by atoms with Gasteiger partial charge in [0.05, 0.1) is 0 Å². The van der Waals surface area contributed by atoms with Crippen molar-refractivity contribution in [3.63, 3.8) is 0 Å². The summed E-state index contributed by atoms with van der Waals surface area (Å²) in [7, 11) is 0. The summed E-state index contributed by atoms with van der Waals surface area (Å²) in [6, 6.07) is 4.96. The minimum atomic E-state index is -2.88. The third kappa shape index (κ3) is 5.16. The van der Waals surface area contributed by atoms with Gasteiger partial charge in [0, 0.05) is 18.5 Å². The summed E-state index contributed by atoms with van der Waals surface area (Å²) in [5.74, 6) is 0.00829. The van der Waals surface area contributed by atoms with E-state index in [0.717, 1.165) is 31.2 Å². The van der Waals surface area contributed by atoms with E-state index < -0.39 is 6.61 Å². The molecule has 4 nitrogen and oxygen atoms in total. The number of hydrogen-bond donors (Lipinski definition) is 2. The molecule has 0 bridgehead atoms. The molecule has 0 unspecified atom stereocenters. The number of amides is 1. The van der Waals surface area contributed by atoms with E-state index in [1.165, 1.54) is 12.5 Å². The largest absolute Gasteiger partial charge is 0.434 e. The molecule has 1 fully saturated rings. The van der Waals surface area contributed by atoms with Crippen LogP contribution in [0.3, 0.4) is 0 Å². The molecule has 0 aromatic heterocycles. The average molecular weight is 340 g/mol. The van der Waals surface area contributed by atoms with Crippen molar-refractivity contribution in [3.05, 3.63) is 29.3 Å². The van der Waals surface area contributed by atoms with Gasteiger partial charge in [-0.2, -0.15) is 8.78 Å². The van der Waals surface area contributed by atoms with E-state index in [-0.39, 0.29) is 23.6 Å².